The number of alkyl halides is 1. The van der Waals surface area contributed by atoms with E-state index >= 15 is 0 Å². The summed E-state index contributed by atoms with van der Waals surface area (Å²) in [4.78, 5) is 13.7. The lowest BCUT2D eigenvalue weighted by atomic mass is 10.0. The van der Waals surface area contributed by atoms with E-state index in [1.54, 1.807) is 6.33 Å². The van der Waals surface area contributed by atoms with Gasteiger partial charge in [0.2, 0.25) is 5.28 Å². The maximum Gasteiger partial charge on any atom is 0.226 e. The number of hydrogen-bond acceptors (Lipinski definition) is 6. The molecular weight excluding hydrogens is 421 g/mol. The molecule has 0 bridgehead atoms. The Kier molecular flexibility index (Phi) is 3.73. The van der Waals surface area contributed by atoms with Gasteiger partial charge in [0.25, 0.3) is 0 Å². The molecular formula is C22H27ClFN5O2. The Morgan fingerprint density at radius 1 is 1.23 bits per heavy atom. The topological polar surface area (TPSA) is 74.1 Å². The highest BCUT2D eigenvalue weighted by molar-refractivity contribution is 6.28. The zero-order valence-electron chi connectivity index (χ0n) is 17.7. The summed E-state index contributed by atoms with van der Waals surface area (Å²) in [5.41, 5.74) is 0.955. The highest BCUT2D eigenvalue weighted by Crippen LogP contribution is 2.71. The molecule has 4 aliphatic carbocycles. The van der Waals surface area contributed by atoms with E-state index in [1.165, 1.54) is 25.7 Å². The molecule has 3 heterocycles. The molecule has 9 heteroatoms. The van der Waals surface area contributed by atoms with Crippen LogP contribution in [0.5, 0.6) is 0 Å². The van der Waals surface area contributed by atoms with Crippen LogP contribution in [0.3, 0.4) is 0 Å². The molecule has 2 aromatic heterocycles. The second-order valence-electron chi connectivity index (χ2n) is 10.7. The molecule has 0 amide bonds. The van der Waals surface area contributed by atoms with Crippen LogP contribution in [0.2, 0.25) is 5.28 Å². The summed E-state index contributed by atoms with van der Waals surface area (Å²) < 4.78 is 28.6. The zero-order valence-corrected chi connectivity index (χ0v) is 18.5. The lowest BCUT2D eigenvalue weighted by Gasteiger charge is -2.24. The van der Waals surface area contributed by atoms with Crippen LogP contribution in [0, 0.1) is 23.2 Å². The van der Waals surface area contributed by atoms with Crippen molar-refractivity contribution >= 4 is 28.6 Å². The van der Waals surface area contributed by atoms with Gasteiger partial charge in [0.05, 0.1) is 25.1 Å². The van der Waals surface area contributed by atoms with E-state index in [2.05, 4.69) is 15.3 Å². The molecule has 2 aromatic rings. The minimum Gasteiger partial charge on any atom is -0.365 e. The molecule has 5 atom stereocenters. The Morgan fingerprint density at radius 2 is 1.97 bits per heavy atom. The van der Waals surface area contributed by atoms with Crippen molar-refractivity contribution in [1.29, 1.82) is 0 Å². The molecule has 0 radical (unpaired) electrons. The van der Waals surface area contributed by atoms with Crippen LogP contribution in [-0.4, -0.2) is 50.2 Å². The van der Waals surface area contributed by atoms with Crippen molar-refractivity contribution < 1.29 is 13.9 Å². The molecule has 5 fully saturated rings. The zero-order chi connectivity index (χ0) is 21.1. The average Bonchev–Trinajstić information content (AvgIpc) is 3.62. The molecule has 1 aliphatic heterocycles. The monoisotopic (exact) mass is 447 g/mol. The lowest BCUT2D eigenvalue weighted by Crippen LogP contribution is -2.32. The first kappa shape index (κ1) is 19.0. The van der Waals surface area contributed by atoms with Gasteiger partial charge < -0.3 is 19.4 Å². The van der Waals surface area contributed by atoms with Gasteiger partial charge in [-0.1, -0.05) is 0 Å². The van der Waals surface area contributed by atoms with Crippen LogP contribution >= 0.6 is 11.6 Å². The van der Waals surface area contributed by atoms with Crippen molar-refractivity contribution in [3.8, 4) is 0 Å². The van der Waals surface area contributed by atoms with Crippen LogP contribution in [0.15, 0.2) is 6.33 Å². The Balaban J connectivity index is 1.28. The minimum atomic E-state index is -0.721. The van der Waals surface area contributed by atoms with Crippen molar-refractivity contribution in [1.82, 2.24) is 19.5 Å². The third kappa shape index (κ3) is 2.74. The van der Waals surface area contributed by atoms with Crippen LogP contribution in [0.1, 0.15) is 52.0 Å². The smallest absolute Gasteiger partial charge is 0.226 e. The van der Waals surface area contributed by atoms with Crippen LogP contribution in [0.25, 0.3) is 11.2 Å². The quantitative estimate of drug-likeness (QED) is 0.671. The van der Waals surface area contributed by atoms with Gasteiger partial charge in [0.1, 0.15) is 6.10 Å². The number of anilines is 1. The van der Waals surface area contributed by atoms with Gasteiger partial charge in [-0.3, -0.25) is 4.39 Å². The Morgan fingerprint density at radius 3 is 2.65 bits per heavy atom. The molecule has 5 aliphatic rings. The fourth-order valence-electron chi connectivity index (χ4n) is 6.33. The Bertz CT molecular complexity index is 1060. The first-order valence-corrected chi connectivity index (χ1v) is 11.9. The van der Waals surface area contributed by atoms with E-state index in [-0.39, 0.29) is 29.5 Å². The third-order valence-corrected chi connectivity index (χ3v) is 8.32. The molecule has 1 N–H and O–H groups in total. The molecule has 166 valence electrons. The van der Waals surface area contributed by atoms with Crippen LogP contribution < -0.4 is 5.32 Å². The van der Waals surface area contributed by atoms with Gasteiger partial charge in [0, 0.05) is 11.5 Å². The van der Waals surface area contributed by atoms with Crippen LogP contribution in [-0.2, 0) is 9.47 Å². The predicted molar refractivity (Wildman–Crippen MR) is 113 cm³/mol. The maximum atomic E-state index is 14.2. The van der Waals surface area contributed by atoms with Crippen molar-refractivity contribution in [2.45, 2.75) is 76.0 Å². The summed E-state index contributed by atoms with van der Waals surface area (Å²) in [7, 11) is 0. The van der Waals surface area contributed by atoms with Gasteiger partial charge in [-0.15, -0.1) is 0 Å². The third-order valence-electron chi connectivity index (χ3n) is 8.15. The number of hydrogen-bond donors (Lipinski definition) is 1. The fourth-order valence-corrected chi connectivity index (χ4v) is 6.50. The van der Waals surface area contributed by atoms with Gasteiger partial charge in [-0.05, 0) is 75.3 Å². The van der Waals surface area contributed by atoms with E-state index in [0.29, 0.717) is 17.5 Å². The fraction of sp³-hybridized carbons (Fsp3) is 0.773. The largest absolute Gasteiger partial charge is 0.365 e. The predicted octanol–water partition coefficient (Wildman–Crippen LogP) is 4.13. The lowest BCUT2D eigenvalue weighted by molar-refractivity contribution is -0.161. The molecule has 7 rings (SSSR count). The molecule has 0 aromatic carbocycles. The van der Waals surface area contributed by atoms with Gasteiger partial charge in [-0.2, -0.15) is 9.97 Å². The van der Waals surface area contributed by atoms with Crippen LogP contribution in [0.4, 0.5) is 10.2 Å². The molecule has 1 saturated heterocycles. The van der Waals surface area contributed by atoms with Crippen molar-refractivity contribution in [2.75, 3.05) is 12.0 Å². The van der Waals surface area contributed by atoms with Gasteiger partial charge in [-0.25, -0.2) is 4.98 Å². The summed E-state index contributed by atoms with van der Waals surface area (Å²) >= 11 is 6.37. The summed E-state index contributed by atoms with van der Waals surface area (Å²) in [6.45, 7) is 3.40. The number of aromatic nitrogens is 4. The molecule has 0 unspecified atom stereocenters. The maximum absolute atomic E-state index is 14.2. The van der Waals surface area contributed by atoms with Crippen molar-refractivity contribution in [2.24, 2.45) is 23.2 Å². The second kappa shape index (κ2) is 6.08. The Hall–Kier alpha value is -1.51. The van der Waals surface area contributed by atoms with E-state index < -0.39 is 17.9 Å². The van der Waals surface area contributed by atoms with E-state index in [0.717, 1.165) is 23.8 Å². The van der Waals surface area contributed by atoms with E-state index in [4.69, 9.17) is 26.1 Å². The summed E-state index contributed by atoms with van der Waals surface area (Å²) in [5, 5.41) is 3.86. The average molecular weight is 448 g/mol. The van der Waals surface area contributed by atoms with Gasteiger partial charge >= 0.3 is 0 Å². The number of nitrogens with zero attached hydrogens (tertiary/aromatic N) is 4. The number of imidazole rings is 1. The number of ether oxygens (including phenoxy) is 2. The number of halogens is 2. The first-order valence-electron chi connectivity index (χ1n) is 11.5. The standard InChI is InChI=1S/C22H27ClFN5O2/c1-21(2)30-16-15(12-7-22(12,8-24)17(16)31-21)29-9-25-14-18(27-20(23)28-19(14)29)26-13(10-3-4-10)11-5-6-11/h9-13,15-17H,3-8H2,1-2H3,(H,26,27,28)/t12-,15-,16+,17+,22+/m1/s1. The van der Waals surface area contributed by atoms with E-state index in [1.807, 2.05) is 18.4 Å². The first-order chi connectivity index (χ1) is 14.9. The molecule has 31 heavy (non-hydrogen) atoms. The summed E-state index contributed by atoms with van der Waals surface area (Å²) in [6.07, 6.45) is 7.22. The molecule has 7 nitrogen and oxygen atoms in total. The number of nitrogens with one attached hydrogen (secondary N) is 1. The Labute approximate surface area is 185 Å². The molecule has 4 saturated carbocycles. The highest BCUT2D eigenvalue weighted by Gasteiger charge is 2.76. The summed E-state index contributed by atoms with van der Waals surface area (Å²) in [6, 6.07) is 0.360. The highest BCUT2D eigenvalue weighted by atomic mass is 35.5. The molecule has 0 spiro atoms. The summed E-state index contributed by atoms with van der Waals surface area (Å²) in [5.74, 6) is 1.58. The van der Waals surface area contributed by atoms with E-state index in [9.17, 15) is 4.39 Å². The number of rotatable bonds is 6. The second-order valence-corrected chi connectivity index (χ2v) is 11.0. The van der Waals surface area contributed by atoms with Crippen molar-refractivity contribution in [3.63, 3.8) is 0 Å². The number of fused-ring (bicyclic) bond motifs is 4. The van der Waals surface area contributed by atoms with Crippen molar-refractivity contribution in [3.05, 3.63) is 11.6 Å². The normalized spacial score (nSPS) is 38.0. The SMILES string of the molecule is CC1(C)O[C@H]2[C@H](n3cnc4c(NC(C5CC5)C5CC5)nc(Cl)nc43)[C@H]3C[C@@]3(CF)[C@H]2O1. The van der Waals surface area contributed by atoms with Gasteiger partial charge in [0.15, 0.2) is 22.8 Å². The minimum absolute atomic E-state index is 0.0750.